The Morgan fingerprint density at radius 1 is 1.39 bits per heavy atom. The molecule has 1 atom stereocenters. The largest absolute Gasteiger partial charge is 0.372 e. The van der Waals surface area contributed by atoms with Gasteiger partial charge >= 0.3 is 0 Å². The summed E-state index contributed by atoms with van der Waals surface area (Å²) in [6.07, 6.45) is 3.02. The standard InChI is InChI=1S/C12H20BrN5/c1-14-11-9(13)7-15-12(16-11)10-8-17(2)5-4-6-18(10)3/h7,10H,4-6,8H2,1-3H3,(H,14,15,16). The lowest BCUT2D eigenvalue weighted by molar-refractivity contribution is 0.219. The number of halogens is 1. The van der Waals surface area contributed by atoms with Gasteiger partial charge in [0.15, 0.2) is 0 Å². The third kappa shape index (κ3) is 2.99. The molecule has 1 aliphatic heterocycles. The molecule has 6 heteroatoms. The first kappa shape index (κ1) is 13.7. The highest BCUT2D eigenvalue weighted by atomic mass is 79.9. The van der Waals surface area contributed by atoms with Crippen LogP contribution < -0.4 is 5.32 Å². The maximum Gasteiger partial charge on any atom is 0.149 e. The fourth-order valence-electron chi connectivity index (χ4n) is 2.27. The molecule has 0 amide bonds. The molecule has 1 aliphatic rings. The Morgan fingerprint density at radius 3 is 2.89 bits per heavy atom. The summed E-state index contributed by atoms with van der Waals surface area (Å²) in [5.74, 6) is 1.74. The van der Waals surface area contributed by atoms with Crippen LogP contribution in [0, 0.1) is 0 Å². The van der Waals surface area contributed by atoms with Crippen molar-refractivity contribution in [2.75, 3.05) is 46.1 Å². The van der Waals surface area contributed by atoms with E-state index in [0.29, 0.717) is 0 Å². The topological polar surface area (TPSA) is 44.3 Å². The molecular weight excluding hydrogens is 294 g/mol. The number of aromatic nitrogens is 2. The van der Waals surface area contributed by atoms with Crippen LogP contribution in [0.2, 0.25) is 0 Å². The van der Waals surface area contributed by atoms with Crippen LogP contribution in [0.5, 0.6) is 0 Å². The van der Waals surface area contributed by atoms with Crippen molar-refractivity contribution < 1.29 is 0 Å². The minimum absolute atomic E-state index is 0.262. The van der Waals surface area contributed by atoms with Crippen molar-refractivity contribution in [2.24, 2.45) is 0 Å². The Bertz CT molecular complexity index is 411. The van der Waals surface area contributed by atoms with Gasteiger partial charge in [0.2, 0.25) is 0 Å². The molecule has 0 aromatic carbocycles. The van der Waals surface area contributed by atoms with E-state index in [2.05, 4.69) is 55.1 Å². The molecule has 1 aromatic rings. The van der Waals surface area contributed by atoms with Crippen molar-refractivity contribution >= 4 is 21.7 Å². The van der Waals surface area contributed by atoms with Gasteiger partial charge in [0.25, 0.3) is 0 Å². The molecule has 0 aliphatic carbocycles. The molecule has 0 bridgehead atoms. The summed E-state index contributed by atoms with van der Waals surface area (Å²) in [4.78, 5) is 13.8. The van der Waals surface area contributed by atoms with Crippen LogP contribution in [0.3, 0.4) is 0 Å². The molecule has 1 unspecified atom stereocenters. The highest BCUT2D eigenvalue weighted by molar-refractivity contribution is 9.10. The first-order valence-electron chi connectivity index (χ1n) is 6.20. The lowest BCUT2D eigenvalue weighted by Gasteiger charge is -2.26. The summed E-state index contributed by atoms with van der Waals surface area (Å²) in [7, 11) is 6.18. The van der Waals surface area contributed by atoms with Crippen molar-refractivity contribution in [1.29, 1.82) is 0 Å². The van der Waals surface area contributed by atoms with E-state index in [1.165, 1.54) is 6.42 Å². The van der Waals surface area contributed by atoms with Crippen molar-refractivity contribution in [3.63, 3.8) is 0 Å². The Morgan fingerprint density at radius 2 is 2.17 bits per heavy atom. The summed E-state index contributed by atoms with van der Waals surface area (Å²) in [5.41, 5.74) is 0. The van der Waals surface area contributed by atoms with E-state index in [-0.39, 0.29) is 6.04 Å². The second kappa shape index (κ2) is 5.95. The van der Waals surface area contributed by atoms with Crippen LogP contribution in [-0.4, -0.2) is 60.5 Å². The fourth-order valence-corrected chi connectivity index (χ4v) is 2.66. The van der Waals surface area contributed by atoms with Crippen molar-refractivity contribution in [3.8, 4) is 0 Å². The maximum absolute atomic E-state index is 4.60. The first-order valence-corrected chi connectivity index (χ1v) is 7.00. The van der Waals surface area contributed by atoms with Gasteiger partial charge in [0, 0.05) is 19.8 Å². The van der Waals surface area contributed by atoms with Gasteiger partial charge in [0.05, 0.1) is 10.5 Å². The van der Waals surface area contributed by atoms with E-state index < -0.39 is 0 Å². The highest BCUT2D eigenvalue weighted by Gasteiger charge is 2.24. The fraction of sp³-hybridized carbons (Fsp3) is 0.667. The molecule has 1 N–H and O–H groups in total. The normalized spacial score (nSPS) is 22.8. The summed E-state index contributed by atoms with van der Waals surface area (Å²) in [6, 6.07) is 0.262. The molecule has 2 heterocycles. The Labute approximate surface area is 117 Å². The molecule has 0 spiro atoms. The molecule has 100 valence electrons. The highest BCUT2D eigenvalue weighted by Crippen LogP contribution is 2.24. The van der Waals surface area contributed by atoms with Crippen LogP contribution >= 0.6 is 15.9 Å². The third-order valence-corrected chi connectivity index (χ3v) is 3.95. The van der Waals surface area contributed by atoms with Crippen LogP contribution in [-0.2, 0) is 0 Å². The van der Waals surface area contributed by atoms with Crippen molar-refractivity contribution in [1.82, 2.24) is 19.8 Å². The molecule has 1 fully saturated rings. The maximum atomic E-state index is 4.60. The summed E-state index contributed by atoms with van der Waals surface area (Å²) in [6.45, 7) is 3.20. The molecule has 0 radical (unpaired) electrons. The average Bonchev–Trinajstić information content (AvgIpc) is 2.52. The Kier molecular flexibility index (Phi) is 4.53. The molecule has 1 aromatic heterocycles. The minimum atomic E-state index is 0.262. The second-order valence-electron chi connectivity index (χ2n) is 4.79. The summed E-state index contributed by atoms with van der Waals surface area (Å²) in [5, 5.41) is 3.09. The zero-order valence-electron chi connectivity index (χ0n) is 11.1. The second-order valence-corrected chi connectivity index (χ2v) is 5.64. The van der Waals surface area contributed by atoms with Gasteiger partial charge < -0.3 is 10.2 Å². The number of likely N-dealkylation sites (N-methyl/N-ethyl adjacent to an activating group) is 2. The van der Waals surface area contributed by atoms with Gasteiger partial charge in [-0.05, 0) is 49.5 Å². The van der Waals surface area contributed by atoms with Crippen molar-refractivity contribution in [3.05, 3.63) is 16.5 Å². The SMILES string of the molecule is CNc1nc(C2CN(C)CCCN2C)ncc1Br. The van der Waals surface area contributed by atoms with Crippen LogP contribution in [0.1, 0.15) is 18.3 Å². The molecule has 18 heavy (non-hydrogen) atoms. The van der Waals surface area contributed by atoms with Gasteiger partial charge in [-0.3, -0.25) is 4.90 Å². The number of nitrogens with one attached hydrogen (secondary N) is 1. The molecular formula is C12H20BrN5. The van der Waals surface area contributed by atoms with E-state index in [1.807, 2.05) is 13.2 Å². The lowest BCUT2D eigenvalue weighted by Crippen LogP contribution is -2.32. The van der Waals surface area contributed by atoms with E-state index >= 15 is 0 Å². The van der Waals surface area contributed by atoms with E-state index in [1.54, 1.807) is 0 Å². The molecule has 2 rings (SSSR count). The van der Waals surface area contributed by atoms with Crippen LogP contribution in [0.4, 0.5) is 5.82 Å². The minimum Gasteiger partial charge on any atom is -0.372 e. The predicted octanol–water partition coefficient (Wildman–Crippen LogP) is 1.59. The Hall–Kier alpha value is -0.720. The van der Waals surface area contributed by atoms with E-state index in [0.717, 1.165) is 35.7 Å². The predicted molar refractivity (Wildman–Crippen MR) is 76.8 cm³/mol. The zero-order chi connectivity index (χ0) is 13.1. The summed E-state index contributed by atoms with van der Waals surface area (Å²) < 4.78 is 0.901. The lowest BCUT2D eigenvalue weighted by atomic mass is 10.2. The number of anilines is 1. The first-order chi connectivity index (χ1) is 8.61. The zero-order valence-corrected chi connectivity index (χ0v) is 12.7. The molecule has 0 saturated carbocycles. The van der Waals surface area contributed by atoms with Gasteiger partial charge in [-0.2, -0.15) is 0 Å². The monoisotopic (exact) mass is 313 g/mol. The van der Waals surface area contributed by atoms with E-state index in [4.69, 9.17) is 0 Å². The third-order valence-electron chi connectivity index (χ3n) is 3.36. The molecule has 5 nitrogen and oxygen atoms in total. The van der Waals surface area contributed by atoms with Crippen molar-refractivity contribution in [2.45, 2.75) is 12.5 Å². The Balaban J connectivity index is 2.27. The van der Waals surface area contributed by atoms with Gasteiger partial charge in [-0.1, -0.05) is 0 Å². The number of hydrogen-bond acceptors (Lipinski definition) is 5. The van der Waals surface area contributed by atoms with Crippen LogP contribution in [0.25, 0.3) is 0 Å². The smallest absolute Gasteiger partial charge is 0.149 e. The molecule has 1 saturated heterocycles. The van der Waals surface area contributed by atoms with E-state index in [9.17, 15) is 0 Å². The van der Waals surface area contributed by atoms with Crippen LogP contribution in [0.15, 0.2) is 10.7 Å². The quantitative estimate of drug-likeness (QED) is 0.898. The average molecular weight is 314 g/mol. The van der Waals surface area contributed by atoms with Gasteiger partial charge in [-0.15, -0.1) is 0 Å². The number of rotatable bonds is 2. The summed E-state index contributed by atoms with van der Waals surface area (Å²) >= 11 is 3.45. The number of nitrogens with zero attached hydrogens (tertiary/aromatic N) is 4. The number of hydrogen-bond donors (Lipinski definition) is 1. The van der Waals surface area contributed by atoms with Gasteiger partial charge in [0.1, 0.15) is 11.6 Å². The van der Waals surface area contributed by atoms with Gasteiger partial charge in [-0.25, -0.2) is 9.97 Å².